The van der Waals surface area contributed by atoms with Crippen molar-refractivity contribution in [2.75, 3.05) is 6.16 Å². The van der Waals surface area contributed by atoms with Gasteiger partial charge in [0, 0.05) is 5.56 Å². The third kappa shape index (κ3) is 7.14. The summed E-state index contributed by atoms with van der Waals surface area (Å²) in [7, 11) is -3.94. The van der Waals surface area contributed by atoms with Gasteiger partial charge in [-0.25, -0.2) is 0 Å². The molecule has 0 bridgehead atoms. The molecule has 3 N–H and O–H groups in total. The molecule has 1 aromatic rings. The minimum atomic E-state index is -3.94. The number of aliphatic carboxylic acids is 1. The van der Waals surface area contributed by atoms with Gasteiger partial charge in [0.2, 0.25) is 0 Å². The van der Waals surface area contributed by atoms with Crippen molar-refractivity contribution >= 4 is 13.3 Å². The standard InChI is InChI=1S/C21H29O5P/c1-15-10-16(2)20(18(11-15)12-17-6-4-3-5-7-17)8-9-27(25,26)14-19(22)13-21(23)24/h10-11,17,19,22H,3-7,12-14H2,1-2H3,(H,23,24)(H,25,26)/t19-/m0/s1. The predicted molar refractivity (Wildman–Crippen MR) is 106 cm³/mol. The molecule has 6 heteroatoms. The highest BCUT2D eigenvalue weighted by Crippen LogP contribution is 2.40. The van der Waals surface area contributed by atoms with Gasteiger partial charge in [0.05, 0.1) is 18.7 Å². The van der Waals surface area contributed by atoms with Gasteiger partial charge in [0.25, 0.3) is 7.37 Å². The van der Waals surface area contributed by atoms with Crippen LogP contribution in [0, 0.1) is 31.3 Å². The number of benzene rings is 1. The molecule has 0 heterocycles. The van der Waals surface area contributed by atoms with Crippen LogP contribution >= 0.6 is 7.37 Å². The number of aliphatic hydroxyl groups excluding tert-OH is 1. The van der Waals surface area contributed by atoms with Gasteiger partial charge >= 0.3 is 5.97 Å². The summed E-state index contributed by atoms with van der Waals surface area (Å²) in [4.78, 5) is 20.7. The van der Waals surface area contributed by atoms with Crippen molar-refractivity contribution in [2.24, 2.45) is 5.92 Å². The number of carboxylic acids is 1. The molecular weight excluding hydrogens is 363 g/mol. The van der Waals surface area contributed by atoms with Crippen LogP contribution in [0.15, 0.2) is 12.1 Å². The topological polar surface area (TPSA) is 94.8 Å². The lowest BCUT2D eigenvalue weighted by molar-refractivity contribution is -0.138. The van der Waals surface area contributed by atoms with E-state index in [2.05, 4.69) is 17.6 Å². The first-order valence-electron chi connectivity index (χ1n) is 9.51. The van der Waals surface area contributed by atoms with Gasteiger partial charge in [-0.15, -0.1) is 0 Å². The Kier molecular flexibility index (Phi) is 7.68. The highest BCUT2D eigenvalue weighted by Gasteiger charge is 2.23. The van der Waals surface area contributed by atoms with Crippen LogP contribution in [0.2, 0.25) is 0 Å². The molecule has 2 rings (SSSR count). The number of carboxylic acid groups (broad SMARTS) is 1. The summed E-state index contributed by atoms with van der Waals surface area (Å²) >= 11 is 0. The van der Waals surface area contributed by atoms with Crippen molar-refractivity contribution in [3.8, 4) is 11.6 Å². The van der Waals surface area contributed by atoms with Crippen molar-refractivity contribution in [1.82, 2.24) is 0 Å². The second kappa shape index (κ2) is 9.55. The number of aliphatic hydroxyl groups is 1. The summed E-state index contributed by atoms with van der Waals surface area (Å²) in [6.45, 7) is 3.98. The van der Waals surface area contributed by atoms with Crippen LogP contribution in [0.3, 0.4) is 0 Å². The van der Waals surface area contributed by atoms with Gasteiger partial charge in [-0.05, 0) is 43.0 Å². The minimum Gasteiger partial charge on any atom is -0.481 e. The van der Waals surface area contributed by atoms with E-state index in [0.29, 0.717) is 5.92 Å². The second-order valence-electron chi connectivity index (χ2n) is 7.70. The maximum absolute atomic E-state index is 12.3. The molecule has 0 radical (unpaired) electrons. The maximum Gasteiger partial charge on any atom is 0.305 e. The van der Waals surface area contributed by atoms with Gasteiger partial charge in [0.15, 0.2) is 0 Å². The van der Waals surface area contributed by atoms with E-state index < -0.39 is 32.0 Å². The molecule has 5 nitrogen and oxygen atoms in total. The first-order valence-corrected chi connectivity index (χ1v) is 11.4. The molecule has 1 aliphatic rings. The molecule has 0 spiro atoms. The van der Waals surface area contributed by atoms with Gasteiger partial charge in [-0.2, -0.15) is 0 Å². The largest absolute Gasteiger partial charge is 0.481 e. The average molecular weight is 392 g/mol. The van der Waals surface area contributed by atoms with Gasteiger partial charge in [-0.3, -0.25) is 9.36 Å². The Balaban J connectivity index is 2.23. The van der Waals surface area contributed by atoms with Crippen molar-refractivity contribution in [2.45, 2.75) is 64.9 Å². The maximum atomic E-state index is 12.3. The van der Waals surface area contributed by atoms with Crippen molar-refractivity contribution in [3.05, 3.63) is 34.4 Å². The van der Waals surface area contributed by atoms with Gasteiger partial charge in [0.1, 0.15) is 0 Å². The van der Waals surface area contributed by atoms with Crippen LogP contribution in [0.1, 0.15) is 60.8 Å². The molecule has 1 saturated carbocycles. The summed E-state index contributed by atoms with van der Waals surface area (Å²) in [5, 5.41) is 18.3. The van der Waals surface area contributed by atoms with E-state index in [1.54, 1.807) is 0 Å². The van der Waals surface area contributed by atoms with Gasteiger partial charge in [-0.1, -0.05) is 55.7 Å². The summed E-state index contributed by atoms with van der Waals surface area (Å²) in [5.41, 5.74) is 6.44. The number of rotatable bonds is 6. The zero-order valence-corrected chi connectivity index (χ0v) is 17.0. The molecule has 0 saturated heterocycles. The normalized spacial score (nSPS) is 18.2. The van der Waals surface area contributed by atoms with Crippen LogP contribution in [0.4, 0.5) is 0 Å². The van der Waals surface area contributed by atoms with E-state index in [1.165, 1.54) is 32.1 Å². The summed E-state index contributed by atoms with van der Waals surface area (Å²) in [6.07, 6.45) is 4.66. The third-order valence-corrected chi connectivity index (χ3v) is 6.40. The monoisotopic (exact) mass is 392 g/mol. The first kappa shape index (κ1) is 21.7. The summed E-state index contributed by atoms with van der Waals surface area (Å²) < 4.78 is 12.3. The second-order valence-corrected chi connectivity index (χ2v) is 9.69. The lowest BCUT2D eigenvalue weighted by atomic mass is 9.83. The molecule has 1 aromatic carbocycles. The Morgan fingerprint density at radius 2 is 1.93 bits per heavy atom. The molecule has 1 unspecified atom stereocenters. The first-order chi connectivity index (χ1) is 12.7. The molecule has 2 atom stereocenters. The number of carbonyl (C=O) groups is 1. The van der Waals surface area contributed by atoms with E-state index in [4.69, 9.17) is 5.11 Å². The molecule has 0 amide bonds. The van der Waals surface area contributed by atoms with Crippen molar-refractivity contribution < 1.29 is 24.5 Å². The number of hydrogen-bond acceptors (Lipinski definition) is 3. The van der Waals surface area contributed by atoms with E-state index >= 15 is 0 Å². The smallest absolute Gasteiger partial charge is 0.305 e. The Bertz CT molecular complexity index is 784. The van der Waals surface area contributed by atoms with Crippen LogP contribution < -0.4 is 0 Å². The fourth-order valence-electron chi connectivity index (χ4n) is 3.84. The summed E-state index contributed by atoms with van der Waals surface area (Å²) in [6, 6.07) is 4.11. The number of aryl methyl sites for hydroxylation is 2. The molecular formula is C21H29O5P. The van der Waals surface area contributed by atoms with Crippen LogP contribution in [0.5, 0.6) is 0 Å². The molecule has 27 heavy (non-hydrogen) atoms. The fraction of sp³-hybridized carbons (Fsp3) is 0.571. The molecule has 1 fully saturated rings. The predicted octanol–water partition coefficient (Wildman–Crippen LogP) is 3.84. The van der Waals surface area contributed by atoms with Crippen molar-refractivity contribution in [3.63, 3.8) is 0 Å². The highest BCUT2D eigenvalue weighted by molar-refractivity contribution is 7.63. The molecule has 0 aromatic heterocycles. The van der Waals surface area contributed by atoms with Crippen molar-refractivity contribution in [1.29, 1.82) is 0 Å². The van der Waals surface area contributed by atoms with E-state index in [0.717, 1.165) is 28.7 Å². The highest BCUT2D eigenvalue weighted by atomic mass is 31.2. The Labute approximate surface area is 161 Å². The van der Waals surface area contributed by atoms with Crippen LogP contribution in [-0.2, 0) is 15.8 Å². The third-order valence-electron chi connectivity index (χ3n) is 5.02. The average Bonchev–Trinajstić information content (AvgIpc) is 2.53. The van der Waals surface area contributed by atoms with E-state index in [1.807, 2.05) is 19.9 Å². The van der Waals surface area contributed by atoms with E-state index in [9.17, 15) is 19.4 Å². The SMILES string of the molecule is Cc1cc(C)c(C#CP(=O)(O)C[C@@H](O)CC(=O)O)c(CC2CCCCC2)c1. The zero-order valence-electron chi connectivity index (χ0n) is 16.1. The lowest BCUT2D eigenvalue weighted by Crippen LogP contribution is -2.17. The molecule has 1 aliphatic carbocycles. The fourth-order valence-corrected chi connectivity index (χ4v) is 4.92. The molecule has 0 aliphatic heterocycles. The summed E-state index contributed by atoms with van der Waals surface area (Å²) in [5.74, 6) is 2.29. The zero-order chi connectivity index (χ0) is 20.0. The van der Waals surface area contributed by atoms with E-state index in [-0.39, 0.29) is 0 Å². The van der Waals surface area contributed by atoms with Gasteiger partial charge < -0.3 is 15.1 Å². The molecule has 148 valence electrons. The minimum absolute atomic E-state index is 0.533. The quantitative estimate of drug-likeness (QED) is 0.505. The van der Waals surface area contributed by atoms with Crippen LogP contribution in [-0.4, -0.2) is 33.3 Å². The lowest BCUT2D eigenvalue weighted by Gasteiger charge is -2.22. The number of hydrogen-bond donors (Lipinski definition) is 3. The Morgan fingerprint density at radius 3 is 2.56 bits per heavy atom. The van der Waals surface area contributed by atoms with Crippen LogP contribution in [0.25, 0.3) is 0 Å². The Hall–Kier alpha value is -1.60. The Morgan fingerprint density at radius 1 is 1.26 bits per heavy atom.